The van der Waals surface area contributed by atoms with Gasteiger partial charge >= 0.3 is 5.97 Å². The van der Waals surface area contributed by atoms with Gasteiger partial charge in [-0.2, -0.15) is 0 Å². The Morgan fingerprint density at radius 2 is 2.41 bits per heavy atom. The summed E-state index contributed by atoms with van der Waals surface area (Å²) in [6.07, 6.45) is 1.48. The van der Waals surface area contributed by atoms with E-state index in [1.54, 1.807) is 19.1 Å². The molecule has 2 aromatic heterocycles. The van der Waals surface area contributed by atoms with Gasteiger partial charge in [-0.3, -0.25) is 0 Å². The highest BCUT2D eigenvalue weighted by atomic mass is 35.5. The van der Waals surface area contributed by atoms with Crippen LogP contribution in [0.4, 0.5) is 5.69 Å². The molecule has 2 aromatic rings. The average molecular weight is 272 g/mol. The van der Waals surface area contributed by atoms with Crippen molar-refractivity contribution in [3.8, 4) is 10.4 Å². The number of rotatable bonds is 3. The number of anilines is 1. The number of hydrogen-bond donors (Lipinski definition) is 1. The molecule has 0 aliphatic heterocycles. The zero-order valence-electron chi connectivity index (χ0n) is 9.03. The number of nitrogens with two attached hydrogens (primary N) is 1. The van der Waals surface area contributed by atoms with Crippen molar-refractivity contribution < 1.29 is 13.9 Å². The maximum atomic E-state index is 11.6. The van der Waals surface area contributed by atoms with Gasteiger partial charge in [-0.1, -0.05) is 0 Å². The molecular weight excluding hydrogens is 262 g/mol. The molecule has 0 saturated carbocycles. The Bertz CT molecular complexity index is 547. The number of halogens is 1. The monoisotopic (exact) mass is 271 g/mol. The number of esters is 1. The molecule has 0 bridgehead atoms. The summed E-state index contributed by atoms with van der Waals surface area (Å²) in [4.78, 5) is 12.8. The van der Waals surface area contributed by atoms with Gasteiger partial charge in [0.05, 0.1) is 18.6 Å². The van der Waals surface area contributed by atoms with Crippen LogP contribution in [-0.4, -0.2) is 12.6 Å². The van der Waals surface area contributed by atoms with E-state index in [1.807, 2.05) is 0 Å². The number of furan rings is 1. The Morgan fingerprint density at radius 3 is 3.00 bits per heavy atom. The Labute approximate surface area is 107 Å². The van der Waals surface area contributed by atoms with Crippen molar-refractivity contribution in [1.29, 1.82) is 0 Å². The van der Waals surface area contributed by atoms with Gasteiger partial charge in [-0.05, 0) is 30.7 Å². The van der Waals surface area contributed by atoms with Crippen LogP contribution in [0.3, 0.4) is 0 Å². The summed E-state index contributed by atoms with van der Waals surface area (Å²) in [6, 6.07) is 3.41. The van der Waals surface area contributed by atoms with E-state index in [2.05, 4.69) is 0 Å². The third-order valence-electron chi connectivity index (χ3n) is 2.11. The van der Waals surface area contributed by atoms with Gasteiger partial charge in [0.1, 0.15) is 4.88 Å². The Hall–Kier alpha value is -1.46. The van der Waals surface area contributed by atoms with E-state index in [1.165, 1.54) is 17.6 Å². The fourth-order valence-corrected chi connectivity index (χ4v) is 2.63. The van der Waals surface area contributed by atoms with E-state index in [-0.39, 0.29) is 5.22 Å². The average Bonchev–Trinajstić information content (AvgIpc) is 2.84. The lowest BCUT2D eigenvalue weighted by atomic mass is 10.2. The molecule has 0 unspecified atom stereocenters. The summed E-state index contributed by atoms with van der Waals surface area (Å²) < 4.78 is 9.90. The first-order chi connectivity index (χ1) is 8.13. The first-order valence-corrected chi connectivity index (χ1v) is 6.12. The minimum absolute atomic E-state index is 0.279. The Morgan fingerprint density at radius 1 is 1.65 bits per heavy atom. The first-order valence-electron chi connectivity index (χ1n) is 4.93. The minimum Gasteiger partial charge on any atom is -0.462 e. The summed E-state index contributed by atoms with van der Waals surface area (Å²) in [7, 11) is 0. The van der Waals surface area contributed by atoms with E-state index in [9.17, 15) is 4.79 Å². The number of carbonyl (C=O) groups excluding carboxylic acids is 1. The highest BCUT2D eigenvalue weighted by Crippen LogP contribution is 2.37. The van der Waals surface area contributed by atoms with Gasteiger partial charge in [0, 0.05) is 10.4 Å². The van der Waals surface area contributed by atoms with Gasteiger partial charge in [-0.15, -0.1) is 11.3 Å². The predicted octanol–water partition coefficient (Wildman–Crippen LogP) is 3.42. The fraction of sp³-hybridized carbons (Fsp3) is 0.182. The fourth-order valence-electron chi connectivity index (χ4n) is 1.36. The quantitative estimate of drug-likeness (QED) is 0.869. The second-order valence-electron chi connectivity index (χ2n) is 3.22. The normalized spacial score (nSPS) is 10.5. The molecule has 0 fully saturated rings. The van der Waals surface area contributed by atoms with Crippen LogP contribution in [0.1, 0.15) is 16.6 Å². The third kappa shape index (κ3) is 2.30. The number of nitrogen functional groups attached to an aromatic ring is 1. The highest BCUT2D eigenvalue weighted by Gasteiger charge is 2.18. The van der Waals surface area contributed by atoms with E-state index in [0.717, 1.165) is 10.4 Å². The van der Waals surface area contributed by atoms with Gasteiger partial charge in [0.2, 0.25) is 5.22 Å². The zero-order valence-corrected chi connectivity index (χ0v) is 10.6. The summed E-state index contributed by atoms with van der Waals surface area (Å²) in [5.41, 5.74) is 6.88. The molecule has 0 aliphatic carbocycles. The van der Waals surface area contributed by atoms with Crippen LogP contribution in [0.2, 0.25) is 5.22 Å². The van der Waals surface area contributed by atoms with Crippen LogP contribution in [0.15, 0.2) is 22.8 Å². The molecule has 6 heteroatoms. The summed E-state index contributed by atoms with van der Waals surface area (Å²) >= 11 is 7.10. The lowest BCUT2D eigenvalue weighted by molar-refractivity contribution is 0.0533. The maximum Gasteiger partial charge on any atom is 0.350 e. The SMILES string of the molecule is CCOC(=O)c1sc(-c2ccoc2Cl)cc1N. The van der Waals surface area contributed by atoms with E-state index in [0.29, 0.717) is 17.2 Å². The molecule has 2 rings (SSSR count). The van der Waals surface area contributed by atoms with E-state index < -0.39 is 5.97 Å². The molecule has 17 heavy (non-hydrogen) atoms. The first kappa shape index (κ1) is 12.0. The number of thiophene rings is 1. The maximum absolute atomic E-state index is 11.6. The van der Waals surface area contributed by atoms with Crippen LogP contribution in [-0.2, 0) is 4.74 Å². The minimum atomic E-state index is -0.416. The standard InChI is InChI=1S/C11H10ClNO3S/c1-2-15-11(14)9-7(13)5-8(17-9)6-3-4-16-10(6)12/h3-5H,2,13H2,1H3. The van der Waals surface area contributed by atoms with Crippen LogP contribution in [0, 0.1) is 0 Å². The molecule has 0 aliphatic rings. The van der Waals surface area contributed by atoms with Gasteiger partial charge in [-0.25, -0.2) is 4.79 Å². The molecule has 90 valence electrons. The van der Waals surface area contributed by atoms with Crippen molar-refractivity contribution >= 4 is 34.6 Å². The molecule has 0 amide bonds. The van der Waals surface area contributed by atoms with E-state index in [4.69, 9.17) is 26.5 Å². The third-order valence-corrected chi connectivity index (χ3v) is 3.56. The number of carbonyl (C=O) groups is 1. The lowest BCUT2D eigenvalue weighted by Crippen LogP contribution is -2.04. The van der Waals surface area contributed by atoms with Gasteiger partial charge in [0.15, 0.2) is 0 Å². The summed E-state index contributed by atoms with van der Waals surface area (Å²) in [6.45, 7) is 2.06. The van der Waals surface area contributed by atoms with Gasteiger partial charge < -0.3 is 14.9 Å². The van der Waals surface area contributed by atoms with Crippen LogP contribution in [0.5, 0.6) is 0 Å². The van der Waals surface area contributed by atoms with Crippen LogP contribution in [0.25, 0.3) is 10.4 Å². The second kappa shape index (κ2) is 4.81. The summed E-state index contributed by atoms with van der Waals surface area (Å²) in [5.74, 6) is -0.416. The van der Waals surface area contributed by atoms with Crippen molar-refractivity contribution in [2.45, 2.75) is 6.92 Å². The number of ether oxygens (including phenoxy) is 1. The smallest absolute Gasteiger partial charge is 0.350 e. The van der Waals surface area contributed by atoms with Crippen molar-refractivity contribution in [3.05, 3.63) is 28.5 Å². The van der Waals surface area contributed by atoms with Crippen LogP contribution >= 0.6 is 22.9 Å². The highest BCUT2D eigenvalue weighted by molar-refractivity contribution is 7.18. The van der Waals surface area contributed by atoms with Crippen molar-refractivity contribution in [2.24, 2.45) is 0 Å². The molecule has 0 radical (unpaired) electrons. The topological polar surface area (TPSA) is 65.5 Å². The largest absolute Gasteiger partial charge is 0.462 e. The molecular formula is C11H10ClNO3S. The number of hydrogen-bond acceptors (Lipinski definition) is 5. The molecule has 2 heterocycles. The Kier molecular flexibility index (Phi) is 3.40. The van der Waals surface area contributed by atoms with Gasteiger partial charge in [0.25, 0.3) is 0 Å². The lowest BCUT2D eigenvalue weighted by Gasteiger charge is -1.98. The predicted molar refractivity (Wildman–Crippen MR) is 67.4 cm³/mol. The molecule has 2 N–H and O–H groups in total. The van der Waals surface area contributed by atoms with Crippen molar-refractivity contribution in [1.82, 2.24) is 0 Å². The molecule has 0 atom stereocenters. The van der Waals surface area contributed by atoms with Crippen molar-refractivity contribution in [2.75, 3.05) is 12.3 Å². The molecule has 0 saturated heterocycles. The Balaban J connectivity index is 2.37. The van der Waals surface area contributed by atoms with Crippen molar-refractivity contribution in [3.63, 3.8) is 0 Å². The summed E-state index contributed by atoms with van der Waals surface area (Å²) in [5, 5.41) is 0.279. The second-order valence-corrected chi connectivity index (χ2v) is 4.62. The zero-order chi connectivity index (χ0) is 12.4. The molecule has 0 spiro atoms. The van der Waals surface area contributed by atoms with E-state index >= 15 is 0 Å². The molecule has 0 aromatic carbocycles. The molecule has 4 nitrogen and oxygen atoms in total. The van der Waals surface area contributed by atoms with Crippen LogP contribution < -0.4 is 5.73 Å².